The molecular weight excluding hydrogens is 300 g/mol. The summed E-state index contributed by atoms with van der Waals surface area (Å²) < 4.78 is 0. The molecule has 1 aliphatic rings. The van der Waals surface area contributed by atoms with Gasteiger partial charge in [-0.1, -0.05) is 85.8 Å². The zero-order chi connectivity index (χ0) is 16.8. The molecular formula is C25H20. The predicted molar refractivity (Wildman–Crippen MR) is 109 cm³/mol. The van der Waals surface area contributed by atoms with Gasteiger partial charge in [-0.2, -0.15) is 0 Å². The fourth-order valence-corrected chi connectivity index (χ4v) is 4.27. The number of hydrogen-bond acceptors (Lipinski definition) is 0. The van der Waals surface area contributed by atoms with Crippen LogP contribution in [0.25, 0.3) is 38.7 Å². The molecule has 5 rings (SSSR count). The summed E-state index contributed by atoms with van der Waals surface area (Å²) in [5.41, 5.74) is 5.48. The van der Waals surface area contributed by atoms with Gasteiger partial charge in [-0.15, -0.1) is 0 Å². The summed E-state index contributed by atoms with van der Waals surface area (Å²) >= 11 is 0. The van der Waals surface area contributed by atoms with Crippen LogP contribution in [0.1, 0.15) is 30.4 Å². The molecule has 0 aromatic heterocycles. The number of rotatable bonds is 1. The topological polar surface area (TPSA) is 0 Å². The van der Waals surface area contributed by atoms with E-state index in [0.717, 1.165) is 6.42 Å². The highest BCUT2D eigenvalue weighted by atomic mass is 14.2. The molecule has 0 heteroatoms. The average molecular weight is 320 g/mol. The summed E-state index contributed by atoms with van der Waals surface area (Å²) in [5, 5.41) is 5.51. The first-order valence-electron chi connectivity index (χ1n) is 9.03. The quantitative estimate of drug-likeness (QED) is 0.326. The summed E-state index contributed by atoms with van der Waals surface area (Å²) in [4.78, 5) is 0. The maximum Gasteiger partial charge on any atom is -0.00960 e. The van der Waals surface area contributed by atoms with Crippen LogP contribution >= 0.6 is 0 Å². The molecule has 0 bridgehead atoms. The van der Waals surface area contributed by atoms with Crippen molar-refractivity contribution in [1.82, 2.24) is 0 Å². The van der Waals surface area contributed by atoms with Crippen LogP contribution < -0.4 is 0 Å². The van der Waals surface area contributed by atoms with E-state index in [1.807, 2.05) is 0 Å². The van der Waals surface area contributed by atoms with Crippen LogP contribution in [0, 0.1) is 0 Å². The lowest BCUT2D eigenvalue weighted by Crippen LogP contribution is -2.02. The van der Waals surface area contributed by atoms with Crippen molar-refractivity contribution in [2.75, 3.05) is 0 Å². The van der Waals surface area contributed by atoms with E-state index in [1.165, 1.54) is 43.8 Å². The molecule has 0 N–H and O–H groups in total. The lowest BCUT2D eigenvalue weighted by Gasteiger charge is -2.23. The van der Waals surface area contributed by atoms with E-state index in [2.05, 4.69) is 91.9 Å². The largest absolute Gasteiger partial charge is 0.0833 e. The Bertz CT molecular complexity index is 1120. The van der Waals surface area contributed by atoms with Gasteiger partial charge in [0.1, 0.15) is 0 Å². The standard InChI is InChI=1S/C25H20/c1-17-8-7-13-23-24-16-19(18-9-3-2-4-10-18)14-15-21(24)20-11-5-6-12-22(20)25(17)23/h2-7,9-17H,8H2,1H3. The molecule has 0 aliphatic heterocycles. The predicted octanol–water partition coefficient (Wildman–Crippen LogP) is 7.18. The third-order valence-corrected chi connectivity index (χ3v) is 5.48. The van der Waals surface area contributed by atoms with Crippen molar-refractivity contribution in [1.29, 1.82) is 0 Å². The van der Waals surface area contributed by atoms with E-state index in [0.29, 0.717) is 5.92 Å². The molecule has 120 valence electrons. The summed E-state index contributed by atoms with van der Waals surface area (Å²) in [5.74, 6) is 0.565. The number of allylic oxidation sites excluding steroid dienone is 1. The summed E-state index contributed by atoms with van der Waals surface area (Å²) in [6.45, 7) is 2.35. The summed E-state index contributed by atoms with van der Waals surface area (Å²) in [6.07, 6.45) is 5.79. The van der Waals surface area contributed by atoms with Gasteiger partial charge in [0.05, 0.1) is 0 Å². The van der Waals surface area contributed by atoms with Crippen LogP contribution in [-0.4, -0.2) is 0 Å². The first kappa shape index (κ1) is 14.5. The van der Waals surface area contributed by atoms with Crippen molar-refractivity contribution in [3.05, 3.63) is 90.0 Å². The Morgan fingerprint density at radius 3 is 2.24 bits per heavy atom. The van der Waals surface area contributed by atoms with Crippen LogP contribution in [0.15, 0.2) is 78.9 Å². The van der Waals surface area contributed by atoms with Crippen molar-refractivity contribution in [3.8, 4) is 11.1 Å². The second-order valence-corrected chi connectivity index (χ2v) is 7.04. The molecule has 0 saturated heterocycles. The molecule has 4 aromatic carbocycles. The lowest BCUT2D eigenvalue weighted by molar-refractivity contribution is 0.781. The minimum Gasteiger partial charge on any atom is -0.0833 e. The summed E-state index contributed by atoms with van der Waals surface area (Å²) in [7, 11) is 0. The van der Waals surface area contributed by atoms with Gasteiger partial charge in [-0.25, -0.2) is 0 Å². The molecule has 4 aromatic rings. The Hall–Kier alpha value is -2.86. The van der Waals surface area contributed by atoms with Gasteiger partial charge in [0.2, 0.25) is 0 Å². The van der Waals surface area contributed by atoms with Crippen LogP contribution in [0.4, 0.5) is 0 Å². The van der Waals surface area contributed by atoms with Crippen molar-refractivity contribution in [2.45, 2.75) is 19.3 Å². The minimum atomic E-state index is 0.565. The lowest BCUT2D eigenvalue weighted by atomic mass is 9.81. The van der Waals surface area contributed by atoms with E-state index in [-0.39, 0.29) is 0 Å². The molecule has 0 saturated carbocycles. The van der Waals surface area contributed by atoms with E-state index in [9.17, 15) is 0 Å². The molecule has 0 amide bonds. The van der Waals surface area contributed by atoms with Gasteiger partial charge in [0, 0.05) is 0 Å². The maximum absolute atomic E-state index is 2.37. The smallest absolute Gasteiger partial charge is 0.00960 e. The zero-order valence-electron chi connectivity index (χ0n) is 14.4. The van der Waals surface area contributed by atoms with Crippen molar-refractivity contribution < 1.29 is 0 Å². The SMILES string of the molecule is CC1CC=Cc2c1c1ccccc1c1ccc(-c3ccccc3)cc21. The normalized spacial score (nSPS) is 16.3. The van der Waals surface area contributed by atoms with Gasteiger partial charge >= 0.3 is 0 Å². The molecule has 1 aliphatic carbocycles. The second-order valence-electron chi connectivity index (χ2n) is 7.04. The first-order chi connectivity index (χ1) is 12.3. The highest BCUT2D eigenvalue weighted by molar-refractivity contribution is 6.14. The Morgan fingerprint density at radius 1 is 0.680 bits per heavy atom. The van der Waals surface area contributed by atoms with Gasteiger partial charge in [0.25, 0.3) is 0 Å². The highest BCUT2D eigenvalue weighted by Gasteiger charge is 2.19. The molecule has 0 spiro atoms. The Morgan fingerprint density at radius 2 is 1.40 bits per heavy atom. The van der Waals surface area contributed by atoms with Crippen LogP contribution in [0.2, 0.25) is 0 Å². The maximum atomic E-state index is 2.37. The van der Waals surface area contributed by atoms with Gasteiger partial charge in [-0.3, -0.25) is 0 Å². The Labute approximate surface area is 148 Å². The molecule has 0 heterocycles. The fraction of sp³-hybridized carbons (Fsp3) is 0.120. The van der Waals surface area contributed by atoms with Gasteiger partial charge < -0.3 is 0 Å². The Balaban J connectivity index is 1.92. The molecule has 0 fully saturated rings. The monoisotopic (exact) mass is 320 g/mol. The van der Waals surface area contributed by atoms with Crippen molar-refractivity contribution >= 4 is 27.6 Å². The van der Waals surface area contributed by atoms with Gasteiger partial charge in [-0.05, 0) is 62.2 Å². The summed E-state index contributed by atoms with van der Waals surface area (Å²) in [6, 6.07) is 26.5. The van der Waals surface area contributed by atoms with E-state index >= 15 is 0 Å². The number of hydrogen-bond donors (Lipinski definition) is 0. The average Bonchev–Trinajstić information content (AvgIpc) is 2.68. The minimum absolute atomic E-state index is 0.565. The third kappa shape index (κ3) is 2.21. The second kappa shape index (κ2) is 5.60. The van der Waals surface area contributed by atoms with Crippen LogP contribution in [0.5, 0.6) is 0 Å². The first-order valence-corrected chi connectivity index (χ1v) is 9.03. The van der Waals surface area contributed by atoms with Crippen LogP contribution in [-0.2, 0) is 0 Å². The molecule has 0 nitrogen and oxygen atoms in total. The zero-order valence-corrected chi connectivity index (χ0v) is 14.4. The van der Waals surface area contributed by atoms with E-state index in [1.54, 1.807) is 0 Å². The molecule has 25 heavy (non-hydrogen) atoms. The molecule has 0 radical (unpaired) electrons. The van der Waals surface area contributed by atoms with E-state index in [4.69, 9.17) is 0 Å². The van der Waals surface area contributed by atoms with Crippen molar-refractivity contribution in [2.24, 2.45) is 0 Å². The molecule has 1 unspecified atom stereocenters. The van der Waals surface area contributed by atoms with Gasteiger partial charge in [0.15, 0.2) is 0 Å². The molecule has 1 atom stereocenters. The van der Waals surface area contributed by atoms with Crippen LogP contribution in [0.3, 0.4) is 0 Å². The highest BCUT2D eigenvalue weighted by Crippen LogP contribution is 2.42. The Kier molecular flexibility index (Phi) is 3.24. The fourth-order valence-electron chi connectivity index (χ4n) is 4.27. The number of fused-ring (bicyclic) bond motifs is 6. The number of benzene rings is 4. The van der Waals surface area contributed by atoms with Crippen molar-refractivity contribution in [3.63, 3.8) is 0 Å². The third-order valence-electron chi connectivity index (χ3n) is 5.48. The van der Waals surface area contributed by atoms with E-state index < -0.39 is 0 Å².